The number of nitrogens with zero attached hydrogens (tertiary/aromatic N) is 1. The van der Waals surface area contributed by atoms with Crippen molar-refractivity contribution in [2.24, 2.45) is 0 Å². The van der Waals surface area contributed by atoms with Crippen molar-refractivity contribution in [2.45, 2.75) is 33.1 Å². The van der Waals surface area contributed by atoms with Crippen molar-refractivity contribution in [1.82, 2.24) is 0 Å². The van der Waals surface area contributed by atoms with Gasteiger partial charge in [-0.25, -0.2) is 0 Å². The smallest absolute Gasteiger partial charge is 0.0782 e. The van der Waals surface area contributed by atoms with E-state index in [1.807, 2.05) is 0 Å². The summed E-state index contributed by atoms with van der Waals surface area (Å²) >= 11 is 0. The molecule has 0 spiro atoms. The first-order valence-electron chi connectivity index (χ1n) is 4.44. The lowest BCUT2D eigenvalue weighted by Gasteiger charge is -2.29. The fourth-order valence-corrected chi connectivity index (χ4v) is 1.30. The van der Waals surface area contributed by atoms with E-state index in [0.717, 1.165) is 0 Å². The summed E-state index contributed by atoms with van der Waals surface area (Å²) in [5.74, 6) is 0. The summed E-state index contributed by atoms with van der Waals surface area (Å²) < 4.78 is 1.20. The molecule has 11 heavy (non-hydrogen) atoms. The summed E-state index contributed by atoms with van der Waals surface area (Å²) in [5, 5.41) is 0. The van der Waals surface area contributed by atoms with Gasteiger partial charge in [-0.1, -0.05) is 20.3 Å². The Hall–Kier alpha value is 0.250. The molecule has 0 fully saturated rings. The molecule has 0 unspecified atom stereocenters. The first kappa shape index (κ1) is 13.8. The quantitative estimate of drug-likeness (QED) is 0.489. The molecule has 0 atom stereocenters. The van der Waals surface area contributed by atoms with Crippen LogP contribution in [0.1, 0.15) is 33.1 Å². The lowest BCUT2D eigenvalue weighted by atomic mass is 10.3. The molecule has 2 heteroatoms. The van der Waals surface area contributed by atoms with Crippen LogP contribution in [-0.4, -0.2) is 31.7 Å². The largest absolute Gasteiger partial charge is 1.00 e. The highest BCUT2D eigenvalue weighted by atomic mass is 35.5. The van der Waals surface area contributed by atoms with Crippen molar-refractivity contribution < 1.29 is 16.9 Å². The van der Waals surface area contributed by atoms with E-state index in [-0.39, 0.29) is 12.4 Å². The van der Waals surface area contributed by atoms with Gasteiger partial charge in [-0.3, -0.25) is 0 Å². The zero-order valence-corrected chi connectivity index (χ0v) is 9.12. The van der Waals surface area contributed by atoms with E-state index in [2.05, 4.69) is 27.9 Å². The third-order valence-electron chi connectivity index (χ3n) is 1.95. The van der Waals surface area contributed by atoms with Crippen LogP contribution in [0.4, 0.5) is 0 Å². The monoisotopic (exact) mass is 179 g/mol. The second-order valence-corrected chi connectivity index (χ2v) is 3.74. The van der Waals surface area contributed by atoms with Crippen molar-refractivity contribution in [3.63, 3.8) is 0 Å². The number of unbranched alkanes of at least 4 members (excludes halogenated alkanes) is 1. The van der Waals surface area contributed by atoms with Gasteiger partial charge in [-0.05, 0) is 12.8 Å². The molecule has 0 amide bonds. The third-order valence-corrected chi connectivity index (χ3v) is 1.95. The van der Waals surface area contributed by atoms with Crippen molar-refractivity contribution in [1.29, 1.82) is 0 Å². The van der Waals surface area contributed by atoms with Gasteiger partial charge in [0.1, 0.15) is 0 Å². The SMILES string of the molecule is CCCC[N+](C)(C)CCC.[Cl-]. The van der Waals surface area contributed by atoms with Crippen LogP contribution >= 0.6 is 0 Å². The lowest BCUT2D eigenvalue weighted by molar-refractivity contribution is -0.890. The van der Waals surface area contributed by atoms with Crippen LogP contribution in [0.5, 0.6) is 0 Å². The van der Waals surface area contributed by atoms with E-state index in [1.165, 1.54) is 36.8 Å². The second kappa shape index (κ2) is 6.93. The zero-order chi connectivity index (χ0) is 8.04. The van der Waals surface area contributed by atoms with Gasteiger partial charge in [0.15, 0.2) is 0 Å². The van der Waals surface area contributed by atoms with Gasteiger partial charge in [0.2, 0.25) is 0 Å². The molecule has 0 saturated carbocycles. The predicted molar refractivity (Wildman–Crippen MR) is 47.0 cm³/mol. The number of hydrogen-bond acceptors (Lipinski definition) is 0. The Morgan fingerprint density at radius 1 is 0.909 bits per heavy atom. The summed E-state index contributed by atoms with van der Waals surface area (Å²) in [6.07, 6.45) is 4.00. The van der Waals surface area contributed by atoms with E-state index >= 15 is 0 Å². The molecule has 0 aliphatic heterocycles. The van der Waals surface area contributed by atoms with Gasteiger partial charge >= 0.3 is 0 Å². The number of rotatable bonds is 5. The molecule has 0 saturated heterocycles. The Labute approximate surface area is 77.8 Å². The topological polar surface area (TPSA) is 0 Å². The molecule has 0 bridgehead atoms. The van der Waals surface area contributed by atoms with E-state index < -0.39 is 0 Å². The second-order valence-electron chi connectivity index (χ2n) is 3.74. The highest BCUT2D eigenvalue weighted by Crippen LogP contribution is 2.02. The molecule has 70 valence electrons. The van der Waals surface area contributed by atoms with Gasteiger partial charge < -0.3 is 16.9 Å². The van der Waals surface area contributed by atoms with Crippen molar-refractivity contribution in [2.75, 3.05) is 27.2 Å². The molecule has 0 N–H and O–H groups in total. The van der Waals surface area contributed by atoms with Crippen LogP contribution in [0.2, 0.25) is 0 Å². The summed E-state index contributed by atoms with van der Waals surface area (Å²) in [6, 6.07) is 0. The van der Waals surface area contributed by atoms with Crippen molar-refractivity contribution in [3.8, 4) is 0 Å². The van der Waals surface area contributed by atoms with Crippen LogP contribution in [-0.2, 0) is 0 Å². The molecule has 0 rings (SSSR count). The minimum Gasteiger partial charge on any atom is -1.00 e. The molecular formula is C9H22ClN. The van der Waals surface area contributed by atoms with Gasteiger partial charge in [0.25, 0.3) is 0 Å². The average molecular weight is 180 g/mol. The summed E-state index contributed by atoms with van der Waals surface area (Å²) in [6.45, 7) is 7.17. The average Bonchev–Trinajstić information content (AvgIpc) is 1.84. The maximum Gasteiger partial charge on any atom is 0.0782 e. The van der Waals surface area contributed by atoms with Crippen LogP contribution in [0, 0.1) is 0 Å². The standard InChI is InChI=1S/C9H22N.ClH/c1-5-7-9-10(3,4)8-6-2;/h5-9H2,1-4H3;1H/q+1;/p-1. The fraction of sp³-hybridized carbons (Fsp3) is 1.00. The van der Waals surface area contributed by atoms with E-state index in [0.29, 0.717) is 0 Å². The molecule has 0 aromatic rings. The Balaban J connectivity index is 0. The van der Waals surface area contributed by atoms with Gasteiger partial charge in [-0.15, -0.1) is 0 Å². The Bertz CT molecular complexity index is 81.6. The van der Waals surface area contributed by atoms with Gasteiger partial charge in [0, 0.05) is 0 Å². The fourth-order valence-electron chi connectivity index (χ4n) is 1.30. The number of hydrogen-bond donors (Lipinski definition) is 0. The molecule has 0 aliphatic rings. The predicted octanol–water partition coefficient (Wildman–Crippen LogP) is -0.723. The van der Waals surface area contributed by atoms with Crippen molar-refractivity contribution in [3.05, 3.63) is 0 Å². The minimum absolute atomic E-state index is 0. The molecule has 0 aromatic heterocycles. The van der Waals surface area contributed by atoms with Crippen LogP contribution in [0.3, 0.4) is 0 Å². The Morgan fingerprint density at radius 3 is 1.82 bits per heavy atom. The van der Waals surface area contributed by atoms with E-state index in [9.17, 15) is 0 Å². The Morgan fingerprint density at radius 2 is 1.45 bits per heavy atom. The van der Waals surface area contributed by atoms with Crippen molar-refractivity contribution >= 4 is 0 Å². The minimum atomic E-state index is 0. The van der Waals surface area contributed by atoms with Crippen LogP contribution in [0.15, 0.2) is 0 Å². The highest BCUT2D eigenvalue weighted by molar-refractivity contribution is 4.34. The number of quaternary nitrogens is 1. The zero-order valence-electron chi connectivity index (χ0n) is 8.36. The normalized spacial score (nSPS) is 10.9. The molecule has 0 radical (unpaired) electrons. The molecule has 1 nitrogen and oxygen atoms in total. The van der Waals surface area contributed by atoms with Crippen LogP contribution < -0.4 is 12.4 Å². The molecule has 0 heterocycles. The van der Waals surface area contributed by atoms with E-state index in [1.54, 1.807) is 0 Å². The molecular weight excluding hydrogens is 158 g/mol. The molecule has 0 aliphatic carbocycles. The summed E-state index contributed by atoms with van der Waals surface area (Å²) in [5.41, 5.74) is 0. The van der Waals surface area contributed by atoms with Gasteiger partial charge in [-0.2, -0.15) is 0 Å². The Kier molecular flexibility index (Phi) is 8.70. The maximum absolute atomic E-state index is 2.32. The van der Waals surface area contributed by atoms with Crippen LogP contribution in [0.25, 0.3) is 0 Å². The highest BCUT2D eigenvalue weighted by Gasteiger charge is 2.10. The molecule has 0 aromatic carbocycles. The first-order valence-corrected chi connectivity index (χ1v) is 4.44. The number of halogens is 1. The lowest BCUT2D eigenvalue weighted by Crippen LogP contribution is -3.00. The van der Waals surface area contributed by atoms with Gasteiger partial charge in [0.05, 0.1) is 27.2 Å². The third kappa shape index (κ3) is 8.15. The first-order chi connectivity index (χ1) is 4.62. The van der Waals surface area contributed by atoms with E-state index in [4.69, 9.17) is 0 Å². The summed E-state index contributed by atoms with van der Waals surface area (Å²) in [7, 11) is 4.64. The maximum atomic E-state index is 2.32. The summed E-state index contributed by atoms with van der Waals surface area (Å²) in [4.78, 5) is 0.